The first-order chi connectivity index (χ1) is 9.66. The normalized spacial score (nSPS) is 12.1. The molecule has 1 aromatic carbocycles. The number of hydrogen-bond acceptors (Lipinski definition) is 4. The molecule has 1 rings (SSSR count). The zero-order chi connectivity index (χ0) is 16.2. The molecule has 21 heavy (non-hydrogen) atoms. The van der Waals surface area contributed by atoms with Gasteiger partial charge in [-0.05, 0) is 19.1 Å². The van der Waals surface area contributed by atoms with Crippen molar-refractivity contribution >= 4 is 17.5 Å². The Morgan fingerprint density at radius 1 is 1.33 bits per heavy atom. The van der Waals surface area contributed by atoms with Gasteiger partial charge in [-0.1, -0.05) is 6.07 Å². The van der Waals surface area contributed by atoms with E-state index >= 15 is 0 Å². The Hall–Kier alpha value is -2.38. The summed E-state index contributed by atoms with van der Waals surface area (Å²) in [5, 5.41) is 9.51. The van der Waals surface area contributed by atoms with Gasteiger partial charge in [-0.3, -0.25) is 4.79 Å². The molecule has 0 aromatic heterocycles. The van der Waals surface area contributed by atoms with Crippen molar-refractivity contribution in [1.82, 2.24) is 0 Å². The molecule has 0 radical (unpaired) electrons. The second-order valence-corrected chi connectivity index (χ2v) is 3.81. The quantitative estimate of drug-likeness (QED) is 0.305. The van der Waals surface area contributed by atoms with Crippen molar-refractivity contribution in [2.24, 2.45) is 0 Å². The third kappa shape index (κ3) is 4.30. The van der Waals surface area contributed by atoms with Crippen LogP contribution in [0.4, 0.5) is 17.6 Å². The van der Waals surface area contributed by atoms with Crippen LogP contribution in [-0.2, 0) is 20.5 Å². The predicted octanol–water partition coefficient (Wildman–Crippen LogP) is 2.88. The summed E-state index contributed by atoms with van der Waals surface area (Å²) in [6, 6.07) is 1.60. The molecule has 1 N–H and O–H groups in total. The van der Waals surface area contributed by atoms with Crippen molar-refractivity contribution in [2.45, 2.75) is 13.1 Å². The van der Waals surface area contributed by atoms with Crippen molar-refractivity contribution in [2.75, 3.05) is 6.61 Å². The van der Waals surface area contributed by atoms with Crippen molar-refractivity contribution in [3.05, 3.63) is 41.2 Å². The second-order valence-electron chi connectivity index (χ2n) is 3.81. The zero-order valence-corrected chi connectivity index (χ0v) is 10.7. The third-order valence-electron chi connectivity index (χ3n) is 2.31. The molecule has 4 nitrogen and oxygen atoms in total. The number of alkyl halides is 3. The standard InChI is InChI=1S/C13H10F4O4/c1-2-21-12(20)11(19)6-10(18)7-3-4-8(9(14)5-7)13(15,16)17/h3-6,18H,2H2,1H3. The Morgan fingerprint density at radius 2 is 1.95 bits per heavy atom. The summed E-state index contributed by atoms with van der Waals surface area (Å²) in [5.74, 6) is -4.91. The summed E-state index contributed by atoms with van der Waals surface area (Å²) in [4.78, 5) is 22.3. The van der Waals surface area contributed by atoms with E-state index in [4.69, 9.17) is 0 Å². The Balaban J connectivity index is 3.04. The first kappa shape index (κ1) is 16.7. The van der Waals surface area contributed by atoms with Crippen LogP contribution in [0.2, 0.25) is 0 Å². The smallest absolute Gasteiger partial charge is 0.419 e. The number of hydrogen-bond donors (Lipinski definition) is 1. The van der Waals surface area contributed by atoms with Gasteiger partial charge in [0.15, 0.2) is 0 Å². The van der Waals surface area contributed by atoms with Crippen LogP contribution in [0, 0.1) is 5.82 Å². The van der Waals surface area contributed by atoms with Gasteiger partial charge in [0.2, 0.25) is 0 Å². The lowest BCUT2D eigenvalue weighted by Crippen LogP contribution is -2.15. The van der Waals surface area contributed by atoms with Crippen LogP contribution in [0.3, 0.4) is 0 Å². The van der Waals surface area contributed by atoms with Crippen molar-refractivity contribution in [3.63, 3.8) is 0 Å². The predicted molar refractivity (Wildman–Crippen MR) is 63.6 cm³/mol. The van der Waals surface area contributed by atoms with Crippen LogP contribution in [0.5, 0.6) is 0 Å². The second kappa shape index (κ2) is 6.38. The van der Waals surface area contributed by atoms with E-state index in [2.05, 4.69) is 4.74 Å². The van der Waals surface area contributed by atoms with E-state index in [0.29, 0.717) is 18.2 Å². The monoisotopic (exact) mass is 306 g/mol. The van der Waals surface area contributed by atoms with E-state index < -0.39 is 35.1 Å². The van der Waals surface area contributed by atoms with E-state index in [9.17, 15) is 32.3 Å². The minimum absolute atomic E-state index is 0.0614. The average molecular weight is 306 g/mol. The summed E-state index contributed by atoms with van der Waals surface area (Å²) < 4.78 is 54.7. The molecule has 0 amide bonds. The molecule has 0 spiro atoms. The van der Waals surface area contributed by atoms with Gasteiger partial charge in [0.25, 0.3) is 5.78 Å². The lowest BCUT2D eigenvalue weighted by molar-refractivity contribution is -0.151. The molecule has 0 saturated heterocycles. The van der Waals surface area contributed by atoms with E-state index in [0.717, 1.165) is 6.07 Å². The third-order valence-corrected chi connectivity index (χ3v) is 2.31. The molecule has 0 aliphatic heterocycles. The Morgan fingerprint density at radius 3 is 2.43 bits per heavy atom. The highest BCUT2D eigenvalue weighted by molar-refractivity contribution is 6.39. The summed E-state index contributed by atoms with van der Waals surface area (Å²) in [7, 11) is 0. The SMILES string of the molecule is CCOC(=O)C(=O)C=C(O)c1ccc(C(F)(F)F)c(F)c1. The van der Waals surface area contributed by atoms with Crippen LogP contribution in [0.25, 0.3) is 5.76 Å². The van der Waals surface area contributed by atoms with Gasteiger partial charge >= 0.3 is 12.1 Å². The molecule has 0 saturated carbocycles. The minimum Gasteiger partial charge on any atom is -0.507 e. The summed E-state index contributed by atoms with van der Waals surface area (Å²) >= 11 is 0. The van der Waals surface area contributed by atoms with E-state index in [1.807, 2.05) is 0 Å². The molecule has 114 valence electrons. The number of ether oxygens (including phenoxy) is 1. The lowest BCUT2D eigenvalue weighted by Gasteiger charge is -2.09. The molecular weight excluding hydrogens is 296 g/mol. The van der Waals surface area contributed by atoms with Gasteiger partial charge in [-0.25, -0.2) is 9.18 Å². The zero-order valence-electron chi connectivity index (χ0n) is 10.7. The van der Waals surface area contributed by atoms with Gasteiger partial charge in [0, 0.05) is 11.6 Å². The van der Waals surface area contributed by atoms with Gasteiger partial charge < -0.3 is 9.84 Å². The van der Waals surface area contributed by atoms with Gasteiger partial charge in [-0.15, -0.1) is 0 Å². The molecule has 0 fully saturated rings. The Kier molecular flexibility index (Phi) is 5.07. The number of rotatable bonds is 4. The fourth-order valence-electron chi connectivity index (χ4n) is 1.37. The van der Waals surface area contributed by atoms with Crippen molar-refractivity contribution in [1.29, 1.82) is 0 Å². The van der Waals surface area contributed by atoms with Crippen LogP contribution in [0.15, 0.2) is 24.3 Å². The molecule has 0 aliphatic rings. The average Bonchev–Trinajstić information content (AvgIpc) is 2.37. The Labute approximate surface area is 116 Å². The molecule has 8 heteroatoms. The highest BCUT2D eigenvalue weighted by Gasteiger charge is 2.34. The van der Waals surface area contributed by atoms with Crippen LogP contribution >= 0.6 is 0 Å². The molecule has 0 atom stereocenters. The minimum atomic E-state index is -4.87. The summed E-state index contributed by atoms with van der Waals surface area (Å²) in [6.45, 7) is 1.40. The number of benzene rings is 1. The number of aliphatic hydroxyl groups is 1. The van der Waals surface area contributed by atoms with Gasteiger partial charge in [0.1, 0.15) is 11.6 Å². The number of ketones is 1. The van der Waals surface area contributed by atoms with Crippen LogP contribution < -0.4 is 0 Å². The number of aliphatic hydroxyl groups excluding tert-OH is 1. The Bertz CT molecular complexity index is 590. The fourth-order valence-corrected chi connectivity index (χ4v) is 1.37. The van der Waals surface area contributed by atoms with E-state index in [-0.39, 0.29) is 12.2 Å². The molecule has 1 aromatic rings. The van der Waals surface area contributed by atoms with Gasteiger partial charge in [0.05, 0.1) is 12.2 Å². The largest absolute Gasteiger partial charge is 0.507 e. The van der Waals surface area contributed by atoms with Gasteiger partial charge in [-0.2, -0.15) is 13.2 Å². The number of halogens is 4. The fraction of sp³-hybridized carbons (Fsp3) is 0.231. The van der Waals surface area contributed by atoms with E-state index in [1.165, 1.54) is 6.92 Å². The topological polar surface area (TPSA) is 63.6 Å². The number of esters is 1. The number of carbonyl (C=O) groups is 2. The van der Waals surface area contributed by atoms with Crippen LogP contribution in [0.1, 0.15) is 18.1 Å². The first-order valence-corrected chi connectivity index (χ1v) is 5.65. The molecule has 0 heterocycles. The first-order valence-electron chi connectivity index (χ1n) is 5.65. The highest BCUT2D eigenvalue weighted by atomic mass is 19.4. The summed E-state index contributed by atoms with van der Waals surface area (Å²) in [5.41, 5.74) is -1.88. The van der Waals surface area contributed by atoms with Crippen LogP contribution in [-0.4, -0.2) is 23.5 Å². The maximum atomic E-state index is 13.3. The molecule has 0 unspecified atom stereocenters. The highest BCUT2D eigenvalue weighted by Crippen LogP contribution is 2.32. The van der Waals surface area contributed by atoms with Crippen molar-refractivity contribution in [3.8, 4) is 0 Å². The lowest BCUT2D eigenvalue weighted by atomic mass is 10.1. The molecule has 0 bridgehead atoms. The number of carbonyl (C=O) groups excluding carboxylic acids is 2. The van der Waals surface area contributed by atoms with Crippen molar-refractivity contribution < 1.29 is 37.0 Å². The molecule has 0 aliphatic carbocycles. The van der Waals surface area contributed by atoms with E-state index in [1.54, 1.807) is 0 Å². The summed E-state index contributed by atoms with van der Waals surface area (Å²) in [6.07, 6.45) is -4.43. The maximum Gasteiger partial charge on any atom is 0.419 e. The molecular formula is C13H10F4O4. The maximum absolute atomic E-state index is 13.3.